The maximum atomic E-state index is 11.7. The van der Waals surface area contributed by atoms with Crippen molar-refractivity contribution in [3.8, 4) is 5.75 Å². The number of aliphatic hydroxyl groups excluding tert-OH is 1. The topological polar surface area (TPSA) is 70.6 Å². The molecule has 1 aromatic rings. The van der Waals surface area contributed by atoms with Crippen LogP contribution in [-0.4, -0.2) is 42.9 Å². The highest BCUT2D eigenvalue weighted by Gasteiger charge is 2.27. The van der Waals surface area contributed by atoms with Crippen molar-refractivity contribution in [1.82, 2.24) is 10.6 Å². The van der Waals surface area contributed by atoms with E-state index in [1.807, 2.05) is 6.07 Å². The number of hydrogen-bond acceptors (Lipinski definition) is 4. The molecule has 1 heterocycles. The first-order chi connectivity index (χ1) is 9.15. The maximum Gasteiger partial charge on any atom is 0.237 e. The third kappa shape index (κ3) is 4.38. The average molecular weight is 285 g/mol. The van der Waals surface area contributed by atoms with Crippen molar-refractivity contribution in [2.75, 3.05) is 19.7 Å². The molecule has 0 aliphatic carbocycles. The Morgan fingerprint density at radius 1 is 1.58 bits per heavy atom. The number of halogens is 1. The number of carbonyl (C=O) groups is 1. The second-order valence-electron chi connectivity index (χ2n) is 4.45. The van der Waals surface area contributed by atoms with Gasteiger partial charge < -0.3 is 20.5 Å². The summed E-state index contributed by atoms with van der Waals surface area (Å²) in [6, 6.07) is 6.80. The van der Waals surface area contributed by atoms with Crippen molar-refractivity contribution < 1.29 is 14.6 Å². The van der Waals surface area contributed by atoms with Gasteiger partial charge in [-0.05, 0) is 24.6 Å². The highest BCUT2D eigenvalue weighted by Crippen LogP contribution is 2.16. The summed E-state index contributed by atoms with van der Waals surface area (Å²) in [6.45, 7) is 1.26. The van der Waals surface area contributed by atoms with E-state index < -0.39 is 6.10 Å². The Hall–Kier alpha value is -1.30. The van der Waals surface area contributed by atoms with E-state index in [0.717, 1.165) is 0 Å². The molecule has 0 bridgehead atoms. The molecule has 0 radical (unpaired) electrons. The number of carbonyl (C=O) groups excluding carboxylic acids is 1. The summed E-state index contributed by atoms with van der Waals surface area (Å²) in [5.74, 6) is 0.572. The summed E-state index contributed by atoms with van der Waals surface area (Å²) < 4.78 is 5.45. The van der Waals surface area contributed by atoms with Gasteiger partial charge in [-0.2, -0.15) is 0 Å². The van der Waals surface area contributed by atoms with Crippen LogP contribution in [0.4, 0.5) is 0 Å². The van der Waals surface area contributed by atoms with Crippen molar-refractivity contribution in [3.05, 3.63) is 29.3 Å². The fourth-order valence-corrected chi connectivity index (χ4v) is 2.12. The molecule has 1 amide bonds. The van der Waals surface area contributed by atoms with E-state index in [4.69, 9.17) is 16.3 Å². The summed E-state index contributed by atoms with van der Waals surface area (Å²) in [5, 5.41) is 15.6. The van der Waals surface area contributed by atoms with E-state index >= 15 is 0 Å². The van der Waals surface area contributed by atoms with Crippen molar-refractivity contribution in [1.29, 1.82) is 0 Å². The molecule has 19 heavy (non-hydrogen) atoms. The monoisotopic (exact) mass is 284 g/mol. The van der Waals surface area contributed by atoms with Gasteiger partial charge in [0.15, 0.2) is 0 Å². The summed E-state index contributed by atoms with van der Waals surface area (Å²) in [7, 11) is 0. The zero-order valence-corrected chi connectivity index (χ0v) is 11.2. The molecule has 1 aliphatic rings. The number of β-amino-alcohol motifs (C(OH)–C–C–N with tert-alkyl or cyclic N) is 1. The quantitative estimate of drug-likeness (QED) is 0.691. The normalized spacial score (nSPS) is 22.2. The third-order valence-corrected chi connectivity index (χ3v) is 3.13. The summed E-state index contributed by atoms with van der Waals surface area (Å²) in [5.41, 5.74) is 0. The molecule has 6 heteroatoms. The SMILES string of the molecule is O=C(NCCOc1cccc(Cl)c1)[C@H]1C[C@@H](O)CN1. The van der Waals surface area contributed by atoms with Gasteiger partial charge in [-0.25, -0.2) is 0 Å². The summed E-state index contributed by atoms with van der Waals surface area (Å²) >= 11 is 5.83. The molecule has 2 atom stereocenters. The lowest BCUT2D eigenvalue weighted by molar-refractivity contribution is -0.123. The number of benzene rings is 1. The van der Waals surface area contributed by atoms with Gasteiger partial charge in [-0.1, -0.05) is 17.7 Å². The first-order valence-corrected chi connectivity index (χ1v) is 6.60. The second kappa shape index (κ2) is 6.75. The molecular weight excluding hydrogens is 268 g/mol. The Kier molecular flexibility index (Phi) is 5.01. The standard InChI is InChI=1S/C13H17ClN2O3/c14-9-2-1-3-11(6-9)19-5-4-15-13(18)12-7-10(17)8-16-12/h1-3,6,10,12,16-17H,4-5,7-8H2,(H,15,18)/t10-,12-/m1/s1. The van der Waals surface area contributed by atoms with Crippen molar-refractivity contribution in [2.45, 2.75) is 18.6 Å². The fourth-order valence-electron chi connectivity index (χ4n) is 1.94. The Morgan fingerprint density at radius 3 is 3.11 bits per heavy atom. The average Bonchev–Trinajstić information content (AvgIpc) is 2.81. The van der Waals surface area contributed by atoms with Gasteiger partial charge in [0.25, 0.3) is 0 Å². The zero-order valence-electron chi connectivity index (χ0n) is 10.4. The molecule has 2 rings (SSSR count). The lowest BCUT2D eigenvalue weighted by Gasteiger charge is -2.11. The number of amides is 1. The largest absolute Gasteiger partial charge is 0.492 e. The fraction of sp³-hybridized carbons (Fsp3) is 0.462. The van der Waals surface area contributed by atoms with E-state index in [1.165, 1.54) is 0 Å². The van der Waals surface area contributed by atoms with Gasteiger partial charge in [-0.3, -0.25) is 4.79 Å². The summed E-state index contributed by atoms with van der Waals surface area (Å²) in [6.07, 6.45) is 0.0273. The second-order valence-corrected chi connectivity index (χ2v) is 4.88. The molecule has 0 saturated carbocycles. The van der Waals surface area contributed by atoms with Crippen molar-refractivity contribution in [2.24, 2.45) is 0 Å². The number of ether oxygens (including phenoxy) is 1. The van der Waals surface area contributed by atoms with E-state index in [2.05, 4.69) is 10.6 Å². The van der Waals surface area contributed by atoms with Crippen LogP contribution < -0.4 is 15.4 Å². The van der Waals surface area contributed by atoms with Gasteiger partial charge in [-0.15, -0.1) is 0 Å². The Balaban J connectivity index is 1.65. The molecule has 1 aliphatic heterocycles. The highest BCUT2D eigenvalue weighted by molar-refractivity contribution is 6.30. The number of aliphatic hydroxyl groups is 1. The van der Waals surface area contributed by atoms with Crippen LogP contribution >= 0.6 is 11.6 Å². The predicted molar refractivity (Wildman–Crippen MR) is 72.4 cm³/mol. The van der Waals surface area contributed by atoms with Gasteiger partial charge in [0.05, 0.1) is 18.7 Å². The molecule has 5 nitrogen and oxygen atoms in total. The lowest BCUT2D eigenvalue weighted by Crippen LogP contribution is -2.41. The van der Waals surface area contributed by atoms with Crippen LogP contribution in [0.5, 0.6) is 5.75 Å². The highest BCUT2D eigenvalue weighted by atomic mass is 35.5. The maximum absolute atomic E-state index is 11.7. The van der Waals surface area contributed by atoms with E-state index in [-0.39, 0.29) is 11.9 Å². The molecule has 1 fully saturated rings. The molecule has 1 aromatic carbocycles. The molecule has 0 unspecified atom stereocenters. The van der Waals surface area contributed by atoms with Crippen molar-refractivity contribution >= 4 is 17.5 Å². The molecular formula is C13H17ClN2O3. The summed E-state index contributed by atoms with van der Waals surface area (Å²) in [4.78, 5) is 11.7. The molecule has 104 valence electrons. The molecule has 1 saturated heterocycles. The minimum Gasteiger partial charge on any atom is -0.492 e. The molecule has 3 N–H and O–H groups in total. The number of hydrogen-bond donors (Lipinski definition) is 3. The van der Waals surface area contributed by atoms with E-state index in [0.29, 0.717) is 36.9 Å². The zero-order chi connectivity index (χ0) is 13.7. The van der Waals surface area contributed by atoms with Crippen LogP contribution in [-0.2, 0) is 4.79 Å². The predicted octanol–water partition coefficient (Wildman–Crippen LogP) is 0.558. The van der Waals surface area contributed by atoms with Gasteiger partial charge >= 0.3 is 0 Å². The first kappa shape index (κ1) is 14.1. The van der Waals surface area contributed by atoms with E-state index in [9.17, 15) is 9.90 Å². The van der Waals surface area contributed by atoms with Crippen LogP contribution in [0.25, 0.3) is 0 Å². The van der Waals surface area contributed by atoms with Crippen LogP contribution in [0.1, 0.15) is 6.42 Å². The number of rotatable bonds is 5. The van der Waals surface area contributed by atoms with Crippen LogP contribution in [0.3, 0.4) is 0 Å². The first-order valence-electron chi connectivity index (χ1n) is 6.22. The van der Waals surface area contributed by atoms with Gasteiger partial charge in [0.2, 0.25) is 5.91 Å². The minimum absolute atomic E-state index is 0.105. The third-order valence-electron chi connectivity index (χ3n) is 2.89. The Labute approximate surface area is 116 Å². The van der Waals surface area contributed by atoms with Crippen LogP contribution in [0.15, 0.2) is 24.3 Å². The van der Waals surface area contributed by atoms with Gasteiger partial charge in [0, 0.05) is 11.6 Å². The van der Waals surface area contributed by atoms with Crippen LogP contribution in [0, 0.1) is 0 Å². The molecule has 0 spiro atoms. The smallest absolute Gasteiger partial charge is 0.237 e. The number of nitrogens with one attached hydrogen (secondary N) is 2. The molecule has 0 aromatic heterocycles. The van der Waals surface area contributed by atoms with Crippen LogP contribution in [0.2, 0.25) is 5.02 Å². The Morgan fingerprint density at radius 2 is 2.42 bits per heavy atom. The minimum atomic E-state index is -0.432. The van der Waals surface area contributed by atoms with Gasteiger partial charge in [0.1, 0.15) is 12.4 Å². The Bertz CT molecular complexity index is 442. The lowest BCUT2D eigenvalue weighted by atomic mass is 10.2. The van der Waals surface area contributed by atoms with E-state index in [1.54, 1.807) is 18.2 Å². The van der Waals surface area contributed by atoms with Crippen molar-refractivity contribution in [3.63, 3.8) is 0 Å².